The summed E-state index contributed by atoms with van der Waals surface area (Å²) in [4.78, 5) is 28.5. The van der Waals surface area contributed by atoms with Crippen molar-refractivity contribution >= 4 is 34.8 Å². The number of ether oxygens (including phenoxy) is 1. The van der Waals surface area contributed by atoms with E-state index >= 15 is 0 Å². The van der Waals surface area contributed by atoms with Crippen LogP contribution in [0, 0.1) is 0 Å². The lowest BCUT2D eigenvalue weighted by molar-refractivity contribution is -0.122. The highest BCUT2D eigenvalue weighted by Gasteiger charge is 2.24. The number of hydrogen-bond acceptors (Lipinski definition) is 5. The average molecular weight is 443 g/mol. The van der Waals surface area contributed by atoms with Crippen LogP contribution in [0.5, 0.6) is 5.75 Å². The van der Waals surface area contributed by atoms with Crippen molar-refractivity contribution in [2.75, 3.05) is 42.9 Å². The van der Waals surface area contributed by atoms with Crippen LogP contribution in [-0.2, 0) is 11.3 Å². The topological polar surface area (TPSA) is 73.9 Å². The molecule has 0 spiro atoms. The van der Waals surface area contributed by atoms with Crippen molar-refractivity contribution in [1.29, 1.82) is 0 Å². The Morgan fingerprint density at radius 1 is 1.19 bits per heavy atom. The minimum absolute atomic E-state index is 0.109. The summed E-state index contributed by atoms with van der Waals surface area (Å²) in [6.45, 7) is 8.51. The third-order valence-corrected chi connectivity index (χ3v) is 5.94. The molecule has 2 N–H and O–H groups in total. The molecule has 7 nitrogen and oxygen atoms in total. The minimum atomic E-state index is -0.464. The van der Waals surface area contributed by atoms with Crippen LogP contribution in [-0.4, -0.2) is 55.5 Å². The predicted molar refractivity (Wildman–Crippen MR) is 122 cm³/mol. The zero-order valence-electron chi connectivity index (χ0n) is 17.8. The zero-order valence-corrected chi connectivity index (χ0v) is 18.5. The maximum absolute atomic E-state index is 12.0. The Labute approximate surface area is 187 Å². The lowest BCUT2D eigenvalue weighted by Gasteiger charge is -2.36. The average Bonchev–Trinajstić information content (AvgIpc) is 2.75. The number of hydrogen-bond donors (Lipinski definition) is 2. The summed E-state index contributed by atoms with van der Waals surface area (Å²) >= 11 is 6.48. The van der Waals surface area contributed by atoms with E-state index in [4.69, 9.17) is 16.3 Å². The van der Waals surface area contributed by atoms with Gasteiger partial charge in [-0.05, 0) is 49.7 Å². The van der Waals surface area contributed by atoms with Crippen LogP contribution < -0.4 is 20.3 Å². The Kier molecular flexibility index (Phi) is 6.34. The Morgan fingerprint density at radius 3 is 2.68 bits per heavy atom. The number of piperazine rings is 1. The molecule has 0 aromatic heterocycles. The van der Waals surface area contributed by atoms with E-state index in [0.29, 0.717) is 22.9 Å². The number of amides is 2. The van der Waals surface area contributed by atoms with Gasteiger partial charge in [0.1, 0.15) is 5.75 Å². The summed E-state index contributed by atoms with van der Waals surface area (Å²) < 4.78 is 5.63. The molecule has 8 heteroatoms. The first-order valence-corrected chi connectivity index (χ1v) is 11.0. The summed E-state index contributed by atoms with van der Waals surface area (Å²) in [6, 6.07) is 11.4. The molecule has 2 aromatic rings. The summed E-state index contributed by atoms with van der Waals surface area (Å²) in [6.07, 6.45) is -0.464. The minimum Gasteiger partial charge on any atom is -0.479 e. The van der Waals surface area contributed by atoms with Crippen molar-refractivity contribution in [2.45, 2.75) is 26.5 Å². The summed E-state index contributed by atoms with van der Waals surface area (Å²) in [5.74, 6) is 0.488. The number of nitrogens with one attached hydrogen (secondary N) is 2. The van der Waals surface area contributed by atoms with Crippen LogP contribution >= 0.6 is 11.6 Å². The zero-order chi connectivity index (χ0) is 22.0. The molecule has 0 bridgehead atoms. The van der Waals surface area contributed by atoms with Gasteiger partial charge in [-0.2, -0.15) is 0 Å². The summed E-state index contributed by atoms with van der Waals surface area (Å²) in [5.41, 5.74) is 3.40. The standard InChI is InChI=1S/C23H27ClN4O3/c1-3-25-23(30)17-5-6-20(18(24)13-17)28-10-8-27(9-11-28)14-16-4-7-21-19(12-16)26-22(29)15(2)31-21/h4-7,12-13,15H,3,8-11,14H2,1-2H3,(H,25,30)(H,26,29). The third kappa shape index (κ3) is 4.78. The fourth-order valence-corrected chi connectivity index (χ4v) is 4.23. The van der Waals surface area contributed by atoms with Gasteiger partial charge in [0.2, 0.25) is 0 Å². The van der Waals surface area contributed by atoms with Crippen LogP contribution in [0.4, 0.5) is 11.4 Å². The molecule has 0 radical (unpaired) electrons. The summed E-state index contributed by atoms with van der Waals surface area (Å²) in [5, 5.41) is 6.29. The molecule has 2 amide bonds. The number of nitrogens with zero attached hydrogens (tertiary/aromatic N) is 2. The highest BCUT2D eigenvalue weighted by Crippen LogP contribution is 2.31. The van der Waals surface area contributed by atoms with Gasteiger partial charge in [-0.25, -0.2) is 0 Å². The van der Waals surface area contributed by atoms with Crippen molar-refractivity contribution < 1.29 is 14.3 Å². The molecule has 2 aliphatic rings. The molecule has 2 aromatic carbocycles. The van der Waals surface area contributed by atoms with E-state index in [0.717, 1.165) is 49.7 Å². The number of halogens is 1. The van der Waals surface area contributed by atoms with Crippen molar-refractivity contribution in [1.82, 2.24) is 10.2 Å². The molecule has 164 valence electrons. The van der Waals surface area contributed by atoms with E-state index in [9.17, 15) is 9.59 Å². The van der Waals surface area contributed by atoms with Crippen molar-refractivity contribution in [3.8, 4) is 5.75 Å². The molecule has 31 heavy (non-hydrogen) atoms. The van der Waals surface area contributed by atoms with Gasteiger partial charge in [0.05, 0.1) is 16.4 Å². The molecule has 1 fully saturated rings. The van der Waals surface area contributed by atoms with Crippen molar-refractivity contribution in [3.63, 3.8) is 0 Å². The van der Waals surface area contributed by atoms with Gasteiger partial charge < -0.3 is 20.3 Å². The maximum atomic E-state index is 12.0. The number of fused-ring (bicyclic) bond motifs is 1. The molecular formula is C23H27ClN4O3. The Morgan fingerprint density at radius 2 is 1.97 bits per heavy atom. The molecule has 0 aliphatic carbocycles. The Bertz CT molecular complexity index is 989. The van der Waals surface area contributed by atoms with E-state index in [2.05, 4.69) is 20.4 Å². The first kappa shape index (κ1) is 21.5. The molecule has 2 heterocycles. The normalized spacial score (nSPS) is 18.7. The molecule has 1 atom stereocenters. The largest absolute Gasteiger partial charge is 0.479 e. The Hall–Kier alpha value is -2.77. The van der Waals surface area contributed by atoms with Gasteiger partial charge >= 0.3 is 0 Å². The first-order chi connectivity index (χ1) is 14.9. The SMILES string of the molecule is CCNC(=O)c1ccc(N2CCN(Cc3ccc4c(c3)NC(=O)C(C)O4)CC2)c(Cl)c1. The van der Waals surface area contributed by atoms with E-state index in [-0.39, 0.29) is 11.8 Å². The van der Waals surface area contributed by atoms with E-state index < -0.39 is 6.10 Å². The highest BCUT2D eigenvalue weighted by molar-refractivity contribution is 6.33. The van der Waals surface area contributed by atoms with Gasteiger partial charge in [0, 0.05) is 44.8 Å². The second-order valence-electron chi connectivity index (χ2n) is 7.87. The van der Waals surface area contributed by atoms with Gasteiger partial charge in [-0.1, -0.05) is 17.7 Å². The maximum Gasteiger partial charge on any atom is 0.265 e. The van der Waals surface area contributed by atoms with Gasteiger partial charge in [0.25, 0.3) is 11.8 Å². The van der Waals surface area contributed by atoms with Gasteiger partial charge in [-0.15, -0.1) is 0 Å². The van der Waals surface area contributed by atoms with Crippen LogP contribution in [0.3, 0.4) is 0 Å². The lowest BCUT2D eigenvalue weighted by Crippen LogP contribution is -2.46. The fourth-order valence-electron chi connectivity index (χ4n) is 3.93. The molecule has 4 rings (SSSR count). The number of anilines is 2. The second kappa shape index (κ2) is 9.16. The third-order valence-electron chi connectivity index (χ3n) is 5.64. The van der Waals surface area contributed by atoms with Gasteiger partial charge in [-0.3, -0.25) is 14.5 Å². The van der Waals surface area contributed by atoms with Crippen LogP contribution in [0.2, 0.25) is 5.02 Å². The van der Waals surface area contributed by atoms with E-state index in [1.807, 2.05) is 37.3 Å². The molecule has 1 unspecified atom stereocenters. The van der Waals surface area contributed by atoms with Crippen molar-refractivity contribution in [2.24, 2.45) is 0 Å². The number of carbonyl (C=O) groups excluding carboxylic acids is 2. The van der Waals surface area contributed by atoms with Gasteiger partial charge in [0.15, 0.2) is 6.10 Å². The van der Waals surface area contributed by atoms with Crippen LogP contribution in [0.1, 0.15) is 29.8 Å². The van der Waals surface area contributed by atoms with Crippen LogP contribution in [0.25, 0.3) is 0 Å². The number of rotatable bonds is 5. The molecule has 0 saturated carbocycles. The number of carbonyl (C=O) groups is 2. The Balaban J connectivity index is 1.36. The van der Waals surface area contributed by atoms with Crippen molar-refractivity contribution in [3.05, 3.63) is 52.5 Å². The molecular weight excluding hydrogens is 416 g/mol. The van der Waals surface area contributed by atoms with E-state index in [1.54, 1.807) is 13.0 Å². The van der Waals surface area contributed by atoms with E-state index in [1.165, 1.54) is 0 Å². The number of benzene rings is 2. The molecule has 1 saturated heterocycles. The smallest absolute Gasteiger partial charge is 0.265 e. The van der Waals surface area contributed by atoms with Crippen LogP contribution in [0.15, 0.2) is 36.4 Å². The fraction of sp³-hybridized carbons (Fsp3) is 0.391. The first-order valence-electron chi connectivity index (χ1n) is 10.6. The predicted octanol–water partition coefficient (Wildman–Crippen LogP) is 3.13. The quantitative estimate of drug-likeness (QED) is 0.744. The summed E-state index contributed by atoms with van der Waals surface area (Å²) in [7, 11) is 0. The lowest BCUT2D eigenvalue weighted by atomic mass is 10.1. The highest BCUT2D eigenvalue weighted by atomic mass is 35.5. The monoisotopic (exact) mass is 442 g/mol. The molecule has 2 aliphatic heterocycles. The second-order valence-corrected chi connectivity index (χ2v) is 8.28.